The number of hydrogen-bond acceptors (Lipinski definition) is 0. The van der Waals surface area contributed by atoms with Gasteiger partial charge >= 0.3 is 0 Å². The number of benzene rings is 22. The zero-order valence-corrected chi connectivity index (χ0v) is 75.0. The average Bonchev–Trinajstić information content (AvgIpc) is 1.57. The highest BCUT2D eigenvalue weighted by atomic mass is 15.0. The van der Waals surface area contributed by atoms with Crippen molar-refractivity contribution in [3.8, 4) is 140 Å². The van der Waals surface area contributed by atoms with Crippen LogP contribution in [0.25, 0.3) is 249 Å². The third kappa shape index (κ3) is 14.2. The fraction of sp³-hybridized carbons (Fsp3) is 0. The highest BCUT2D eigenvalue weighted by molar-refractivity contribution is 6.14. The molecule has 5 heterocycles. The van der Waals surface area contributed by atoms with Gasteiger partial charge in [0.25, 0.3) is 0 Å². The maximum atomic E-state index is 2.43. The molecule has 0 unspecified atom stereocenters. The summed E-state index contributed by atoms with van der Waals surface area (Å²) in [5, 5.41) is 12.7. The van der Waals surface area contributed by atoms with Crippen LogP contribution in [-0.4, -0.2) is 22.8 Å². The summed E-state index contributed by atoms with van der Waals surface area (Å²) in [4.78, 5) is 0. The van der Waals surface area contributed by atoms with E-state index in [1.54, 1.807) is 0 Å². The Bertz CT molecular complexity index is 8670. The highest BCUT2D eigenvalue weighted by Crippen LogP contribution is 2.44. The second kappa shape index (κ2) is 33.6. The molecule has 0 N–H and O–H groups in total. The monoisotopic (exact) mass is 1740 g/mol. The van der Waals surface area contributed by atoms with Crippen LogP contribution in [0.3, 0.4) is 0 Å². The fourth-order valence-electron chi connectivity index (χ4n) is 21.3. The molecule has 5 heteroatoms. The summed E-state index contributed by atoms with van der Waals surface area (Å²) in [5.74, 6) is 0. The Kier molecular flexibility index (Phi) is 19.6. The van der Waals surface area contributed by atoms with Crippen LogP contribution in [0.4, 0.5) is 0 Å². The second-order valence-corrected chi connectivity index (χ2v) is 35.9. The van der Waals surface area contributed by atoms with E-state index in [1.807, 2.05) is 0 Å². The summed E-state index contributed by atoms with van der Waals surface area (Å²) in [6.45, 7) is 0. The minimum atomic E-state index is 1.12. The van der Waals surface area contributed by atoms with Crippen molar-refractivity contribution in [3.63, 3.8) is 0 Å². The summed E-state index contributed by atoms with van der Waals surface area (Å²) in [6, 6.07) is 193. The molecule has 0 spiro atoms. The van der Waals surface area contributed by atoms with Gasteiger partial charge in [-0.2, -0.15) is 0 Å². The molecule has 22 aromatic carbocycles. The van der Waals surface area contributed by atoms with E-state index in [0.29, 0.717) is 0 Å². The van der Waals surface area contributed by atoms with Gasteiger partial charge in [-0.15, -0.1) is 0 Å². The molecule has 0 saturated carbocycles. The van der Waals surface area contributed by atoms with Crippen molar-refractivity contribution in [1.29, 1.82) is 0 Å². The van der Waals surface area contributed by atoms with Crippen LogP contribution >= 0.6 is 0 Å². The lowest BCUT2D eigenvalue weighted by molar-refractivity contribution is 1.13. The van der Waals surface area contributed by atoms with E-state index in [0.717, 1.165) is 28.2 Å². The second-order valence-electron chi connectivity index (χ2n) is 35.9. The molecule has 0 bridgehead atoms. The third-order valence-corrected chi connectivity index (χ3v) is 28.1. The fourth-order valence-corrected chi connectivity index (χ4v) is 21.3. The van der Waals surface area contributed by atoms with Gasteiger partial charge in [0, 0.05) is 82.3 Å². The molecule has 27 aromatic rings. The van der Waals surface area contributed by atoms with Crippen molar-refractivity contribution < 1.29 is 0 Å². The normalized spacial score (nSPS) is 11.6. The number of para-hydroxylation sites is 10. The van der Waals surface area contributed by atoms with Crippen LogP contribution in [0.2, 0.25) is 0 Å². The van der Waals surface area contributed by atoms with Crippen LogP contribution in [0, 0.1) is 0 Å². The standard InChI is InChI=1S/C72H47N3.C60H40N2/c1-7-25-67-61(19-1)62-20-2-8-26-68(62)73(67)58-41-39-49(40-42-58)48-31-33-50(34-32-48)53-15-13-17-55(43-53)56-18-14-16-54(44-56)51-35-37-52(38-36-51)57-45-59(74-69-27-9-3-21-63(69)64-22-4-10-28-70(64)74)47-60(46-57)75-71-29-11-5-23-65(71)66-24-6-12-30-72(66)75;1-5-13-57-53(9-1)54-10-2-6-14-58(54)61(57)51-37-33-49(34-38-51)47-29-25-45(26-30-47)43-21-17-41(18-22-43)42-19-23-44(24-20-42)46-27-31-48(32-28-46)50-35-39-52(40-36-50)62-59-15-7-3-11-55(59)56-12-4-8-16-60(56)62/h1-47H;1-40H. The molecule has 640 valence electrons. The van der Waals surface area contributed by atoms with E-state index in [9.17, 15) is 0 Å². The molecule has 5 aromatic heterocycles. The Labute approximate surface area is 793 Å². The molecule has 137 heavy (non-hydrogen) atoms. The van der Waals surface area contributed by atoms with Crippen molar-refractivity contribution in [2.75, 3.05) is 0 Å². The first-order chi connectivity index (χ1) is 67.9. The van der Waals surface area contributed by atoms with E-state index in [2.05, 4.69) is 551 Å². The Morgan fingerprint density at radius 3 is 0.387 bits per heavy atom. The maximum Gasteiger partial charge on any atom is 0.0541 e. The van der Waals surface area contributed by atoms with Crippen LogP contribution in [-0.2, 0) is 0 Å². The predicted octanol–water partition coefficient (Wildman–Crippen LogP) is 35.5. The number of aromatic nitrogens is 5. The quantitative estimate of drug-likeness (QED) is 0.0977. The summed E-state index contributed by atoms with van der Waals surface area (Å²) in [7, 11) is 0. The first-order valence-corrected chi connectivity index (χ1v) is 47.1. The third-order valence-electron chi connectivity index (χ3n) is 28.1. The van der Waals surface area contributed by atoms with Gasteiger partial charge in [-0.1, -0.05) is 400 Å². The largest absolute Gasteiger partial charge is 0.309 e. The van der Waals surface area contributed by atoms with Crippen LogP contribution in [0.1, 0.15) is 0 Å². The van der Waals surface area contributed by atoms with Crippen LogP contribution in [0.15, 0.2) is 528 Å². The number of fused-ring (bicyclic) bond motifs is 15. The molecule has 0 aliphatic heterocycles. The van der Waals surface area contributed by atoms with Gasteiger partial charge in [-0.3, -0.25) is 0 Å². The molecular formula is C132H87N5. The number of hydrogen-bond donors (Lipinski definition) is 0. The lowest BCUT2D eigenvalue weighted by atomic mass is 9.94. The molecule has 0 aliphatic rings. The van der Waals surface area contributed by atoms with Crippen LogP contribution < -0.4 is 0 Å². The smallest absolute Gasteiger partial charge is 0.0541 e. The van der Waals surface area contributed by atoms with Gasteiger partial charge in [0.1, 0.15) is 0 Å². The maximum absolute atomic E-state index is 2.43. The lowest BCUT2D eigenvalue weighted by Gasteiger charge is -2.16. The van der Waals surface area contributed by atoms with Crippen molar-refractivity contribution in [2.45, 2.75) is 0 Å². The van der Waals surface area contributed by atoms with Crippen molar-refractivity contribution in [1.82, 2.24) is 22.8 Å². The Hall–Kier alpha value is -18.2. The number of rotatable bonds is 15. The highest BCUT2D eigenvalue weighted by Gasteiger charge is 2.22. The summed E-state index contributed by atoms with van der Waals surface area (Å²) in [5.41, 5.74) is 41.8. The average molecular weight is 1740 g/mol. The van der Waals surface area contributed by atoms with Gasteiger partial charge in [0.2, 0.25) is 0 Å². The molecule has 0 atom stereocenters. The predicted molar refractivity (Wildman–Crippen MR) is 579 cm³/mol. The van der Waals surface area contributed by atoms with E-state index < -0.39 is 0 Å². The zero-order valence-electron chi connectivity index (χ0n) is 75.0. The Morgan fingerprint density at radius 1 is 0.0803 bits per heavy atom. The van der Waals surface area contributed by atoms with Gasteiger partial charge in [-0.25, -0.2) is 0 Å². The Morgan fingerprint density at radius 2 is 0.212 bits per heavy atom. The molecular weight excluding hydrogens is 1660 g/mol. The molecule has 0 aliphatic carbocycles. The molecule has 0 fully saturated rings. The first-order valence-electron chi connectivity index (χ1n) is 47.1. The lowest BCUT2D eigenvalue weighted by Crippen LogP contribution is -2.00. The Balaban J connectivity index is 0.000000145. The van der Waals surface area contributed by atoms with E-state index in [4.69, 9.17) is 0 Å². The van der Waals surface area contributed by atoms with Gasteiger partial charge < -0.3 is 22.8 Å². The molecule has 0 amide bonds. The zero-order chi connectivity index (χ0) is 90.4. The van der Waals surface area contributed by atoms with E-state index in [-0.39, 0.29) is 0 Å². The van der Waals surface area contributed by atoms with E-state index >= 15 is 0 Å². The summed E-state index contributed by atoms with van der Waals surface area (Å²) in [6.07, 6.45) is 0. The minimum Gasteiger partial charge on any atom is -0.309 e. The topological polar surface area (TPSA) is 24.6 Å². The van der Waals surface area contributed by atoms with Crippen molar-refractivity contribution in [3.05, 3.63) is 528 Å². The number of nitrogens with zero attached hydrogens (tertiary/aromatic N) is 5. The summed E-state index contributed by atoms with van der Waals surface area (Å²) >= 11 is 0. The first kappa shape index (κ1) is 79.8. The van der Waals surface area contributed by atoms with Gasteiger partial charge in [-0.05, 0) is 239 Å². The molecule has 27 rings (SSSR count). The summed E-state index contributed by atoms with van der Waals surface area (Å²) < 4.78 is 12.0. The minimum absolute atomic E-state index is 1.12. The molecule has 0 saturated heterocycles. The van der Waals surface area contributed by atoms with Crippen molar-refractivity contribution >= 4 is 109 Å². The van der Waals surface area contributed by atoms with Gasteiger partial charge in [0.05, 0.1) is 55.2 Å². The van der Waals surface area contributed by atoms with Crippen molar-refractivity contribution in [2.24, 2.45) is 0 Å². The molecule has 5 nitrogen and oxygen atoms in total. The van der Waals surface area contributed by atoms with E-state index in [1.165, 1.54) is 221 Å². The molecule has 0 radical (unpaired) electrons. The SMILES string of the molecule is c1cc(-c2ccc(-c3ccc(-n4c5ccccc5c5ccccc54)cc3)cc2)cc(-c2cccc(-c3ccc(-c4cc(-n5c6ccccc6c6ccccc65)cc(-n5c6ccccc6c6ccccc65)c4)cc3)c2)c1.c1ccc2c(c1)c1ccccc1n2-c1ccc(-c2ccc(-c3ccc(-c4ccc(-c5ccc(-c6ccc(-n7c8ccccc8c8ccccc87)cc6)cc5)cc4)cc3)cc2)cc1. The van der Waals surface area contributed by atoms with Crippen LogP contribution in [0.5, 0.6) is 0 Å². The van der Waals surface area contributed by atoms with Gasteiger partial charge in [0.15, 0.2) is 0 Å².